The fraction of sp³-hybridized carbons (Fsp3) is 0.167. The monoisotopic (exact) mass is 249 g/mol. The molecule has 0 amide bonds. The van der Waals surface area contributed by atoms with Gasteiger partial charge in [-0.3, -0.25) is 0 Å². The lowest BCUT2D eigenvalue weighted by Gasteiger charge is -2.04. The smallest absolute Gasteiger partial charge is 0.399 e. The summed E-state index contributed by atoms with van der Waals surface area (Å²) in [7, 11) is 0. The van der Waals surface area contributed by atoms with Crippen molar-refractivity contribution in [1.29, 1.82) is 0 Å². The molecule has 1 aromatic carbocycles. The van der Waals surface area contributed by atoms with Gasteiger partial charge in [0.1, 0.15) is 17.8 Å². The molecular weight excluding hydrogens is 238 g/mol. The second kappa shape index (κ2) is 5.22. The molecule has 0 atom stereocenters. The first-order valence-corrected chi connectivity index (χ1v) is 5.28. The topological polar surface area (TPSA) is 81.8 Å². The Hall–Kier alpha value is -2.50. The molecule has 0 unspecified atom stereocenters. The highest BCUT2D eigenvalue weighted by atomic mass is 16.6. The van der Waals surface area contributed by atoms with Gasteiger partial charge in [-0.1, -0.05) is 0 Å². The molecule has 2 rings (SSSR count). The molecule has 6 nitrogen and oxygen atoms in total. The van der Waals surface area contributed by atoms with E-state index < -0.39 is 5.97 Å². The molecule has 0 bridgehead atoms. The van der Waals surface area contributed by atoms with E-state index in [1.54, 1.807) is 24.3 Å². The van der Waals surface area contributed by atoms with E-state index in [-0.39, 0.29) is 11.8 Å². The van der Waals surface area contributed by atoms with E-state index >= 15 is 0 Å². The van der Waals surface area contributed by atoms with Crippen LogP contribution in [0.2, 0.25) is 0 Å². The average Bonchev–Trinajstić information content (AvgIpc) is 2.81. The number of oxazole rings is 1. The second-order valence-electron chi connectivity index (χ2n) is 3.31. The third kappa shape index (κ3) is 2.79. The van der Waals surface area contributed by atoms with Crippen molar-refractivity contribution in [2.45, 2.75) is 6.92 Å². The minimum Gasteiger partial charge on any atom is -0.494 e. The maximum atomic E-state index is 10.6. The zero-order chi connectivity index (χ0) is 13.0. The Labute approximate surface area is 103 Å². The number of aromatic nitrogens is 1. The Morgan fingerprint density at radius 2 is 2.00 bits per heavy atom. The van der Waals surface area contributed by atoms with E-state index in [0.717, 1.165) is 12.0 Å². The average molecular weight is 249 g/mol. The van der Waals surface area contributed by atoms with Gasteiger partial charge in [-0.25, -0.2) is 4.79 Å². The normalized spacial score (nSPS) is 10.1. The van der Waals surface area contributed by atoms with Crippen molar-refractivity contribution < 1.29 is 23.8 Å². The molecule has 94 valence electrons. The van der Waals surface area contributed by atoms with E-state index in [0.29, 0.717) is 12.4 Å². The summed E-state index contributed by atoms with van der Waals surface area (Å²) in [5.41, 5.74) is -0.198. The molecular formula is C12H11NO5. The Balaban J connectivity index is 2.06. The van der Waals surface area contributed by atoms with Crippen LogP contribution in [-0.4, -0.2) is 22.7 Å². The minimum absolute atomic E-state index is 0.114. The van der Waals surface area contributed by atoms with Gasteiger partial charge in [-0.2, -0.15) is 4.98 Å². The van der Waals surface area contributed by atoms with Crippen molar-refractivity contribution in [2.75, 3.05) is 6.61 Å². The lowest BCUT2D eigenvalue weighted by Crippen LogP contribution is -1.95. The summed E-state index contributed by atoms with van der Waals surface area (Å²) in [6.07, 6.45) is 0.906. The molecule has 1 aromatic heterocycles. The maximum absolute atomic E-state index is 10.6. The number of hydrogen-bond acceptors (Lipinski definition) is 5. The van der Waals surface area contributed by atoms with Gasteiger partial charge in [0, 0.05) is 0 Å². The number of rotatable bonds is 5. The van der Waals surface area contributed by atoms with Crippen molar-refractivity contribution in [3.05, 3.63) is 36.2 Å². The molecule has 18 heavy (non-hydrogen) atoms. The van der Waals surface area contributed by atoms with Crippen LogP contribution in [-0.2, 0) is 0 Å². The molecule has 0 spiro atoms. The van der Waals surface area contributed by atoms with Crippen LogP contribution in [0.4, 0.5) is 0 Å². The highest BCUT2D eigenvalue weighted by Gasteiger charge is 2.11. The Bertz CT molecular complexity index is 532. The number of carboxylic acids is 1. The molecule has 0 aliphatic heterocycles. The van der Waals surface area contributed by atoms with Crippen molar-refractivity contribution in [1.82, 2.24) is 4.98 Å². The fourth-order valence-corrected chi connectivity index (χ4v) is 1.27. The number of aromatic carboxylic acids is 1. The third-order valence-electron chi connectivity index (χ3n) is 2.04. The highest BCUT2D eigenvalue weighted by Crippen LogP contribution is 2.23. The molecule has 0 saturated carbocycles. The number of carboxylic acid groups (broad SMARTS) is 1. The molecule has 6 heteroatoms. The Kier molecular flexibility index (Phi) is 3.47. The van der Waals surface area contributed by atoms with Crippen molar-refractivity contribution in [3.63, 3.8) is 0 Å². The molecule has 0 aliphatic rings. The summed E-state index contributed by atoms with van der Waals surface area (Å²) in [4.78, 5) is 14.2. The Morgan fingerprint density at radius 1 is 1.33 bits per heavy atom. The van der Waals surface area contributed by atoms with Gasteiger partial charge >= 0.3 is 12.0 Å². The predicted molar refractivity (Wildman–Crippen MR) is 61.1 cm³/mol. The summed E-state index contributed by atoms with van der Waals surface area (Å²) in [5.74, 6) is 0.0426. The highest BCUT2D eigenvalue weighted by molar-refractivity contribution is 5.84. The Morgan fingerprint density at radius 3 is 2.56 bits per heavy atom. The van der Waals surface area contributed by atoms with Crippen molar-refractivity contribution in [3.8, 4) is 17.6 Å². The standard InChI is InChI=1S/C12H11NO5/c1-2-16-8-3-5-9(6-4-8)18-12-13-10(7-17-12)11(14)15/h3-7H,2H2,1H3,(H,14,15). The van der Waals surface area contributed by atoms with Crippen LogP contribution < -0.4 is 9.47 Å². The third-order valence-corrected chi connectivity index (χ3v) is 2.04. The first kappa shape index (κ1) is 12.0. The van der Waals surface area contributed by atoms with Gasteiger partial charge in [-0.05, 0) is 31.2 Å². The zero-order valence-corrected chi connectivity index (χ0v) is 9.62. The van der Waals surface area contributed by atoms with Crippen LogP contribution in [0.3, 0.4) is 0 Å². The summed E-state index contributed by atoms with van der Waals surface area (Å²) < 4.78 is 15.4. The van der Waals surface area contributed by atoms with Gasteiger partial charge in [0.05, 0.1) is 6.61 Å². The summed E-state index contributed by atoms with van der Waals surface area (Å²) >= 11 is 0. The van der Waals surface area contributed by atoms with Gasteiger partial charge in [-0.15, -0.1) is 0 Å². The lowest BCUT2D eigenvalue weighted by atomic mass is 10.3. The quantitative estimate of drug-likeness (QED) is 0.876. The van der Waals surface area contributed by atoms with E-state index in [1.165, 1.54) is 0 Å². The summed E-state index contributed by atoms with van der Waals surface area (Å²) in [6.45, 7) is 2.48. The van der Waals surface area contributed by atoms with Gasteiger partial charge < -0.3 is 19.0 Å². The van der Waals surface area contributed by atoms with Gasteiger partial charge in [0.2, 0.25) is 0 Å². The number of ether oxygens (including phenoxy) is 2. The van der Waals surface area contributed by atoms with Crippen molar-refractivity contribution in [2.24, 2.45) is 0 Å². The molecule has 1 N–H and O–H groups in total. The van der Waals surface area contributed by atoms with Crippen LogP contribution in [0.1, 0.15) is 17.4 Å². The molecule has 0 fully saturated rings. The SMILES string of the molecule is CCOc1ccc(Oc2nc(C(=O)O)co2)cc1. The first-order chi connectivity index (χ1) is 8.69. The second-order valence-corrected chi connectivity index (χ2v) is 3.31. The van der Waals surface area contributed by atoms with E-state index in [1.807, 2.05) is 6.92 Å². The predicted octanol–water partition coefficient (Wildman–Crippen LogP) is 2.56. The fourth-order valence-electron chi connectivity index (χ4n) is 1.27. The van der Waals surface area contributed by atoms with Crippen molar-refractivity contribution >= 4 is 5.97 Å². The molecule has 1 heterocycles. The van der Waals surface area contributed by atoms with Crippen LogP contribution in [0.15, 0.2) is 34.9 Å². The van der Waals surface area contributed by atoms with Crippen LogP contribution in [0.5, 0.6) is 17.6 Å². The van der Waals surface area contributed by atoms with E-state index in [4.69, 9.17) is 19.0 Å². The molecule has 0 radical (unpaired) electrons. The van der Waals surface area contributed by atoms with Gasteiger partial charge in [0.25, 0.3) is 0 Å². The van der Waals surface area contributed by atoms with Crippen LogP contribution in [0.25, 0.3) is 0 Å². The van der Waals surface area contributed by atoms with E-state index in [9.17, 15) is 4.79 Å². The summed E-state index contributed by atoms with van der Waals surface area (Å²) in [6, 6.07) is 6.82. The van der Waals surface area contributed by atoms with Crippen LogP contribution in [0, 0.1) is 0 Å². The van der Waals surface area contributed by atoms with Crippen LogP contribution >= 0.6 is 0 Å². The zero-order valence-electron chi connectivity index (χ0n) is 9.62. The maximum Gasteiger partial charge on any atom is 0.399 e. The minimum atomic E-state index is -1.17. The largest absolute Gasteiger partial charge is 0.494 e. The summed E-state index contributed by atoms with van der Waals surface area (Å²) in [5, 5.41) is 8.67. The molecule has 0 saturated heterocycles. The lowest BCUT2D eigenvalue weighted by molar-refractivity contribution is 0.0690. The number of carbonyl (C=O) groups is 1. The van der Waals surface area contributed by atoms with E-state index in [2.05, 4.69) is 4.98 Å². The molecule has 2 aromatic rings. The molecule has 0 aliphatic carbocycles. The number of nitrogens with zero attached hydrogens (tertiary/aromatic N) is 1. The van der Waals surface area contributed by atoms with Gasteiger partial charge in [0.15, 0.2) is 5.69 Å². The number of benzene rings is 1. The first-order valence-electron chi connectivity index (χ1n) is 5.28. The number of hydrogen-bond donors (Lipinski definition) is 1.